The predicted molar refractivity (Wildman–Crippen MR) is 88.4 cm³/mol. The van der Waals surface area contributed by atoms with Crippen LogP contribution in [0.4, 0.5) is 0 Å². The first kappa shape index (κ1) is 16.5. The Bertz CT molecular complexity index is 430. The first-order valence-corrected chi connectivity index (χ1v) is 8.31. The van der Waals surface area contributed by atoms with Crippen LogP contribution in [0.15, 0.2) is 12.3 Å². The van der Waals surface area contributed by atoms with Crippen LogP contribution in [-0.2, 0) is 13.5 Å². The van der Waals surface area contributed by atoms with Crippen molar-refractivity contribution in [2.24, 2.45) is 13.0 Å². The molecule has 4 nitrogen and oxygen atoms in total. The number of rotatable bonds is 6. The highest BCUT2D eigenvalue weighted by Gasteiger charge is 2.42. The van der Waals surface area contributed by atoms with E-state index < -0.39 is 0 Å². The van der Waals surface area contributed by atoms with E-state index in [9.17, 15) is 0 Å². The van der Waals surface area contributed by atoms with Crippen LogP contribution < -0.4 is 5.32 Å². The molecule has 1 aliphatic carbocycles. The summed E-state index contributed by atoms with van der Waals surface area (Å²) >= 11 is 0. The molecule has 21 heavy (non-hydrogen) atoms. The molecule has 4 heteroatoms. The van der Waals surface area contributed by atoms with Gasteiger partial charge in [-0.25, -0.2) is 0 Å². The molecule has 0 aliphatic heterocycles. The van der Waals surface area contributed by atoms with Gasteiger partial charge in [-0.2, -0.15) is 5.10 Å². The SMILES string of the molecule is CNC(CCc1ccnn1C)C1(N(C)C)CCC(C)CC1. The maximum Gasteiger partial charge on any atom is 0.0492 e. The molecule has 0 aromatic carbocycles. The van der Waals surface area contributed by atoms with Crippen LogP contribution in [0.2, 0.25) is 0 Å². The fourth-order valence-electron chi connectivity index (χ4n) is 3.99. The highest BCUT2D eigenvalue weighted by Crippen LogP contribution is 2.38. The monoisotopic (exact) mass is 292 g/mol. The van der Waals surface area contributed by atoms with Crippen molar-refractivity contribution in [3.05, 3.63) is 18.0 Å². The molecule has 1 unspecified atom stereocenters. The molecule has 1 aromatic rings. The van der Waals surface area contributed by atoms with Crippen molar-refractivity contribution >= 4 is 0 Å². The Balaban J connectivity index is 2.07. The summed E-state index contributed by atoms with van der Waals surface area (Å²) in [6.07, 6.45) is 9.46. The minimum absolute atomic E-state index is 0.305. The van der Waals surface area contributed by atoms with E-state index in [1.54, 1.807) is 0 Å². The molecule has 0 saturated heterocycles. The number of hydrogen-bond donors (Lipinski definition) is 1. The van der Waals surface area contributed by atoms with Gasteiger partial charge in [0.1, 0.15) is 0 Å². The zero-order valence-electron chi connectivity index (χ0n) is 14.4. The van der Waals surface area contributed by atoms with Crippen molar-refractivity contribution in [1.29, 1.82) is 0 Å². The lowest BCUT2D eigenvalue weighted by Crippen LogP contribution is -2.60. The van der Waals surface area contributed by atoms with Crippen molar-refractivity contribution < 1.29 is 0 Å². The predicted octanol–water partition coefficient (Wildman–Crippen LogP) is 2.45. The van der Waals surface area contributed by atoms with Crippen molar-refractivity contribution in [2.75, 3.05) is 21.1 Å². The third-order valence-corrected chi connectivity index (χ3v) is 5.64. The fourth-order valence-corrected chi connectivity index (χ4v) is 3.99. The molecule has 1 atom stereocenters. The first-order chi connectivity index (χ1) is 9.99. The van der Waals surface area contributed by atoms with Gasteiger partial charge in [0.15, 0.2) is 0 Å². The van der Waals surface area contributed by atoms with Gasteiger partial charge in [0.2, 0.25) is 0 Å². The molecule has 1 heterocycles. The summed E-state index contributed by atoms with van der Waals surface area (Å²) in [5.74, 6) is 0.882. The number of likely N-dealkylation sites (N-methyl/N-ethyl adjacent to an activating group) is 2. The molecule has 2 rings (SSSR count). The molecule has 0 spiro atoms. The number of nitrogens with zero attached hydrogens (tertiary/aromatic N) is 3. The van der Waals surface area contributed by atoms with Crippen LogP contribution in [-0.4, -0.2) is 47.4 Å². The summed E-state index contributed by atoms with van der Waals surface area (Å²) in [5.41, 5.74) is 1.63. The number of nitrogens with one attached hydrogen (secondary N) is 1. The highest BCUT2D eigenvalue weighted by atomic mass is 15.3. The molecule has 0 bridgehead atoms. The second-order valence-electron chi connectivity index (χ2n) is 7.01. The Labute approximate surface area is 129 Å². The Morgan fingerprint density at radius 3 is 2.57 bits per heavy atom. The van der Waals surface area contributed by atoms with Gasteiger partial charge in [0.05, 0.1) is 0 Å². The standard InChI is InChI=1S/C17H32N4/c1-14-8-11-17(12-9-14,20(3)4)16(18-2)7-6-15-10-13-19-21(15)5/h10,13-14,16,18H,6-9,11-12H2,1-5H3. The van der Waals surface area contributed by atoms with Gasteiger partial charge >= 0.3 is 0 Å². The maximum atomic E-state index is 4.28. The fraction of sp³-hybridized carbons (Fsp3) is 0.824. The maximum absolute atomic E-state index is 4.28. The van der Waals surface area contributed by atoms with Crippen molar-refractivity contribution in [2.45, 2.75) is 57.0 Å². The quantitative estimate of drug-likeness (QED) is 0.874. The molecule has 1 fully saturated rings. The summed E-state index contributed by atoms with van der Waals surface area (Å²) in [6, 6.07) is 2.67. The lowest BCUT2D eigenvalue weighted by molar-refractivity contribution is 0.0430. The van der Waals surface area contributed by atoms with E-state index >= 15 is 0 Å². The molecular formula is C17H32N4. The zero-order valence-corrected chi connectivity index (χ0v) is 14.4. The van der Waals surface area contributed by atoms with E-state index in [0.717, 1.165) is 12.3 Å². The average molecular weight is 292 g/mol. The van der Waals surface area contributed by atoms with Crippen LogP contribution in [0.25, 0.3) is 0 Å². The topological polar surface area (TPSA) is 33.1 Å². The van der Waals surface area contributed by atoms with E-state index in [1.165, 1.54) is 37.8 Å². The molecular weight excluding hydrogens is 260 g/mol. The van der Waals surface area contributed by atoms with Gasteiger partial charge in [-0.05, 0) is 71.7 Å². The Morgan fingerprint density at radius 2 is 2.10 bits per heavy atom. The van der Waals surface area contributed by atoms with Crippen molar-refractivity contribution in [3.8, 4) is 0 Å². The largest absolute Gasteiger partial charge is 0.315 e. The van der Waals surface area contributed by atoms with Gasteiger partial charge in [-0.3, -0.25) is 4.68 Å². The van der Waals surface area contributed by atoms with Gasteiger partial charge in [0, 0.05) is 30.5 Å². The average Bonchev–Trinajstić information content (AvgIpc) is 2.87. The minimum atomic E-state index is 0.305. The molecule has 1 saturated carbocycles. The second-order valence-corrected chi connectivity index (χ2v) is 7.01. The third kappa shape index (κ3) is 3.49. The van der Waals surface area contributed by atoms with Crippen LogP contribution in [0.5, 0.6) is 0 Å². The van der Waals surface area contributed by atoms with Crippen LogP contribution in [0, 0.1) is 5.92 Å². The molecule has 1 aliphatic rings. The van der Waals surface area contributed by atoms with E-state index in [2.05, 4.69) is 49.4 Å². The molecule has 120 valence electrons. The molecule has 1 N–H and O–H groups in total. The first-order valence-electron chi connectivity index (χ1n) is 8.31. The zero-order chi connectivity index (χ0) is 15.5. The van der Waals surface area contributed by atoms with E-state index in [1.807, 2.05) is 17.9 Å². The van der Waals surface area contributed by atoms with E-state index in [0.29, 0.717) is 11.6 Å². The number of aryl methyl sites for hydroxylation is 2. The van der Waals surface area contributed by atoms with Crippen LogP contribution in [0.1, 0.15) is 44.7 Å². The molecule has 0 radical (unpaired) electrons. The summed E-state index contributed by atoms with van der Waals surface area (Å²) in [5, 5.41) is 7.90. The highest BCUT2D eigenvalue weighted by molar-refractivity contribution is 5.05. The minimum Gasteiger partial charge on any atom is -0.315 e. The van der Waals surface area contributed by atoms with Crippen LogP contribution in [0.3, 0.4) is 0 Å². The summed E-state index contributed by atoms with van der Waals surface area (Å²) in [6.45, 7) is 2.39. The number of hydrogen-bond acceptors (Lipinski definition) is 3. The lowest BCUT2D eigenvalue weighted by atomic mass is 9.71. The second kappa shape index (κ2) is 6.93. The molecule has 1 aromatic heterocycles. The van der Waals surface area contributed by atoms with E-state index in [4.69, 9.17) is 0 Å². The lowest BCUT2D eigenvalue weighted by Gasteiger charge is -2.50. The van der Waals surface area contributed by atoms with Crippen LogP contribution >= 0.6 is 0 Å². The Morgan fingerprint density at radius 1 is 1.43 bits per heavy atom. The number of aromatic nitrogens is 2. The van der Waals surface area contributed by atoms with Gasteiger partial charge in [0.25, 0.3) is 0 Å². The normalized spacial score (nSPS) is 28.0. The molecule has 0 amide bonds. The summed E-state index contributed by atoms with van der Waals surface area (Å²) in [7, 11) is 8.67. The van der Waals surface area contributed by atoms with Gasteiger partial charge in [-0.1, -0.05) is 6.92 Å². The van der Waals surface area contributed by atoms with Crippen molar-refractivity contribution in [3.63, 3.8) is 0 Å². The Hall–Kier alpha value is -0.870. The Kier molecular flexibility index (Phi) is 5.44. The van der Waals surface area contributed by atoms with E-state index in [-0.39, 0.29) is 0 Å². The summed E-state index contributed by atoms with van der Waals surface area (Å²) < 4.78 is 2.00. The van der Waals surface area contributed by atoms with Gasteiger partial charge in [-0.15, -0.1) is 0 Å². The van der Waals surface area contributed by atoms with Crippen molar-refractivity contribution in [1.82, 2.24) is 20.0 Å². The smallest absolute Gasteiger partial charge is 0.0492 e. The summed E-state index contributed by atoms with van der Waals surface area (Å²) in [4.78, 5) is 2.48. The van der Waals surface area contributed by atoms with Gasteiger partial charge < -0.3 is 10.2 Å². The third-order valence-electron chi connectivity index (χ3n) is 5.64.